The maximum Gasteiger partial charge on any atom is 0.144 e. The van der Waals surface area contributed by atoms with E-state index in [1.54, 1.807) is 25.4 Å². The van der Waals surface area contributed by atoms with Gasteiger partial charge in [0.2, 0.25) is 0 Å². The largest absolute Gasteiger partial charge is 0.497 e. The third-order valence-corrected chi connectivity index (χ3v) is 4.24. The highest BCUT2D eigenvalue weighted by Crippen LogP contribution is 2.30. The normalized spacial score (nSPS) is 14.2. The Morgan fingerprint density at radius 2 is 2.12 bits per heavy atom. The smallest absolute Gasteiger partial charge is 0.144 e. The van der Waals surface area contributed by atoms with Crippen LogP contribution in [0.3, 0.4) is 0 Å². The number of nitrogens with one attached hydrogen (secondary N) is 1. The van der Waals surface area contributed by atoms with Gasteiger partial charge in [0.25, 0.3) is 0 Å². The van der Waals surface area contributed by atoms with Gasteiger partial charge in [0, 0.05) is 24.4 Å². The number of pyridine rings is 1. The van der Waals surface area contributed by atoms with Crippen LogP contribution in [0.1, 0.15) is 36.8 Å². The van der Waals surface area contributed by atoms with Crippen LogP contribution in [-0.2, 0) is 6.54 Å². The summed E-state index contributed by atoms with van der Waals surface area (Å²) in [6, 6.07) is 11.5. The number of aromatic nitrogens is 1. The van der Waals surface area contributed by atoms with Crippen LogP contribution in [0.15, 0.2) is 36.5 Å². The number of benzene rings is 1. The molecule has 1 saturated carbocycles. The zero-order chi connectivity index (χ0) is 16.8. The highest BCUT2D eigenvalue weighted by molar-refractivity contribution is 5.52. The van der Waals surface area contributed by atoms with Crippen molar-refractivity contribution in [3.05, 3.63) is 47.7 Å². The average molecular weight is 323 g/mol. The lowest BCUT2D eigenvalue weighted by Gasteiger charge is -2.18. The van der Waals surface area contributed by atoms with Gasteiger partial charge >= 0.3 is 0 Å². The summed E-state index contributed by atoms with van der Waals surface area (Å²) in [5, 5.41) is 12.4. The Morgan fingerprint density at radius 1 is 1.29 bits per heavy atom. The lowest BCUT2D eigenvalue weighted by molar-refractivity contribution is 0.207. The molecule has 0 aliphatic heterocycles. The predicted molar refractivity (Wildman–Crippen MR) is 92.2 cm³/mol. The molecule has 0 unspecified atom stereocenters. The van der Waals surface area contributed by atoms with Crippen molar-refractivity contribution in [3.63, 3.8) is 0 Å². The van der Waals surface area contributed by atoms with Crippen molar-refractivity contribution < 1.29 is 9.47 Å². The number of anilines is 1. The SMILES string of the molecule is COc1ccc(CNc2ncccc2C#N)c(OC2CCCC2)c1. The van der Waals surface area contributed by atoms with E-state index in [1.165, 1.54) is 12.8 Å². The second-order valence-electron chi connectivity index (χ2n) is 5.86. The number of nitriles is 1. The summed E-state index contributed by atoms with van der Waals surface area (Å²) in [5.41, 5.74) is 1.56. The van der Waals surface area contributed by atoms with E-state index in [0.717, 1.165) is 29.9 Å². The Morgan fingerprint density at radius 3 is 2.88 bits per heavy atom. The van der Waals surface area contributed by atoms with Crippen molar-refractivity contribution in [3.8, 4) is 17.6 Å². The molecule has 0 spiro atoms. The molecule has 5 heteroatoms. The minimum atomic E-state index is 0.278. The van der Waals surface area contributed by atoms with E-state index >= 15 is 0 Å². The first-order chi connectivity index (χ1) is 11.8. The molecule has 0 atom stereocenters. The van der Waals surface area contributed by atoms with Crippen LogP contribution in [0.5, 0.6) is 11.5 Å². The summed E-state index contributed by atoms with van der Waals surface area (Å²) in [7, 11) is 1.65. The van der Waals surface area contributed by atoms with Crippen LogP contribution in [0.2, 0.25) is 0 Å². The van der Waals surface area contributed by atoms with Crippen molar-refractivity contribution in [2.45, 2.75) is 38.3 Å². The van der Waals surface area contributed by atoms with Gasteiger partial charge in [-0.2, -0.15) is 5.26 Å². The number of hydrogen-bond donors (Lipinski definition) is 1. The van der Waals surface area contributed by atoms with Crippen molar-refractivity contribution in [1.82, 2.24) is 4.98 Å². The van der Waals surface area contributed by atoms with E-state index in [0.29, 0.717) is 17.9 Å². The molecule has 0 bridgehead atoms. The minimum Gasteiger partial charge on any atom is -0.497 e. The summed E-state index contributed by atoms with van der Waals surface area (Å²) in [6.45, 7) is 0.539. The summed E-state index contributed by atoms with van der Waals surface area (Å²) in [5.74, 6) is 2.20. The van der Waals surface area contributed by atoms with E-state index < -0.39 is 0 Å². The highest BCUT2D eigenvalue weighted by Gasteiger charge is 2.18. The number of rotatable bonds is 6. The molecular weight excluding hydrogens is 302 g/mol. The molecule has 0 saturated heterocycles. The topological polar surface area (TPSA) is 67.2 Å². The summed E-state index contributed by atoms with van der Waals surface area (Å²) >= 11 is 0. The summed E-state index contributed by atoms with van der Waals surface area (Å²) in [4.78, 5) is 4.23. The van der Waals surface area contributed by atoms with Gasteiger partial charge < -0.3 is 14.8 Å². The number of nitrogens with zero attached hydrogens (tertiary/aromatic N) is 2. The Hall–Kier alpha value is -2.74. The lowest BCUT2D eigenvalue weighted by atomic mass is 10.1. The summed E-state index contributed by atoms with van der Waals surface area (Å²) < 4.78 is 11.5. The van der Waals surface area contributed by atoms with Gasteiger partial charge in [-0.25, -0.2) is 4.98 Å². The third-order valence-electron chi connectivity index (χ3n) is 4.24. The fourth-order valence-corrected chi connectivity index (χ4v) is 2.92. The van der Waals surface area contributed by atoms with Crippen molar-refractivity contribution in [2.24, 2.45) is 0 Å². The Balaban J connectivity index is 1.77. The molecule has 3 rings (SSSR count). The molecule has 1 N–H and O–H groups in total. The number of ether oxygens (including phenoxy) is 2. The standard InChI is InChI=1S/C19H21N3O2/c1-23-17-9-8-15(18(11-17)24-16-6-2-3-7-16)13-22-19-14(12-20)5-4-10-21-19/h4-5,8-11,16H,2-3,6-7,13H2,1H3,(H,21,22). The van der Waals surface area contributed by atoms with Gasteiger partial charge in [-0.15, -0.1) is 0 Å². The monoisotopic (exact) mass is 323 g/mol. The highest BCUT2D eigenvalue weighted by atomic mass is 16.5. The summed E-state index contributed by atoms with van der Waals surface area (Å²) in [6.07, 6.45) is 6.60. The molecule has 2 aromatic rings. The third kappa shape index (κ3) is 3.77. The van der Waals surface area contributed by atoms with E-state index in [2.05, 4.69) is 16.4 Å². The van der Waals surface area contributed by atoms with Crippen molar-refractivity contribution in [1.29, 1.82) is 5.26 Å². The van der Waals surface area contributed by atoms with E-state index in [4.69, 9.17) is 14.7 Å². The van der Waals surface area contributed by atoms with Gasteiger partial charge in [0.1, 0.15) is 23.4 Å². The maximum absolute atomic E-state index is 9.16. The molecular formula is C19H21N3O2. The van der Waals surface area contributed by atoms with Crippen LogP contribution >= 0.6 is 0 Å². The van der Waals surface area contributed by atoms with Gasteiger partial charge in [0.15, 0.2) is 0 Å². The minimum absolute atomic E-state index is 0.278. The predicted octanol–water partition coefficient (Wildman–Crippen LogP) is 3.90. The van der Waals surface area contributed by atoms with Crippen molar-refractivity contribution >= 4 is 5.82 Å². The van der Waals surface area contributed by atoms with E-state index in [1.807, 2.05) is 18.2 Å². The molecule has 1 aliphatic rings. The Kier molecular flexibility index (Phi) is 5.17. The van der Waals surface area contributed by atoms with Crippen LogP contribution in [0.25, 0.3) is 0 Å². The molecule has 24 heavy (non-hydrogen) atoms. The van der Waals surface area contributed by atoms with E-state index in [-0.39, 0.29) is 6.10 Å². The Labute approximate surface area is 142 Å². The van der Waals surface area contributed by atoms with Gasteiger partial charge in [-0.1, -0.05) is 0 Å². The maximum atomic E-state index is 9.16. The first-order valence-electron chi connectivity index (χ1n) is 8.22. The van der Waals surface area contributed by atoms with Gasteiger partial charge in [0.05, 0.1) is 18.8 Å². The van der Waals surface area contributed by atoms with Crippen LogP contribution in [-0.4, -0.2) is 18.2 Å². The second kappa shape index (κ2) is 7.69. The van der Waals surface area contributed by atoms with Crippen LogP contribution < -0.4 is 14.8 Å². The van der Waals surface area contributed by atoms with Crippen LogP contribution in [0.4, 0.5) is 5.82 Å². The molecule has 5 nitrogen and oxygen atoms in total. The second-order valence-corrected chi connectivity index (χ2v) is 5.86. The fourth-order valence-electron chi connectivity index (χ4n) is 2.92. The van der Waals surface area contributed by atoms with Gasteiger partial charge in [-0.3, -0.25) is 0 Å². The molecule has 1 aromatic heterocycles. The molecule has 124 valence electrons. The Bertz CT molecular complexity index is 734. The first-order valence-corrected chi connectivity index (χ1v) is 8.22. The lowest BCUT2D eigenvalue weighted by Crippen LogP contribution is -2.13. The molecule has 1 aliphatic carbocycles. The van der Waals surface area contributed by atoms with Gasteiger partial charge in [-0.05, 0) is 49.9 Å². The van der Waals surface area contributed by atoms with Crippen LogP contribution in [0, 0.1) is 11.3 Å². The zero-order valence-electron chi connectivity index (χ0n) is 13.8. The quantitative estimate of drug-likeness (QED) is 0.873. The fraction of sp³-hybridized carbons (Fsp3) is 0.368. The molecule has 1 heterocycles. The average Bonchev–Trinajstić information content (AvgIpc) is 3.14. The molecule has 0 amide bonds. The zero-order valence-corrected chi connectivity index (χ0v) is 13.8. The molecule has 1 aromatic carbocycles. The molecule has 1 fully saturated rings. The van der Waals surface area contributed by atoms with Crippen molar-refractivity contribution in [2.75, 3.05) is 12.4 Å². The molecule has 0 radical (unpaired) electrons. The number of methoxy groups -OCH3 is 1. The number of hydrogen-bond acceptors (Lipinski definition) is 5. The van der Waals surface area contributed by atoms with E-state index in [9.17, 15) is 0 Å². The first kappa shape index (κ1) is 16.1.